The first-order valence-electron chi connectivity index (χ1n) is 6.96. The zero-order chi connectivity index (χ0) is 15.6. The van der Waals surface area contributed by atoms with Gasteiger partial charge < -0.3 is 5.32 Å². The first-order valence-corrected chi connectivity index (χ1v) is 7.84. The van der Waals surface area contributed by atoms with Crippen molar-refractivity contribution >= 4 is 22.8 Å². The molecule has 0 saturated carbocycles. The summed E-state index contributed by atoms with van der Waals surface area (Å²) in [6.45, 7) is 5.88. The summed E-state index contributed by atoms with van der Waals surface area (Å²) < 4.78 is 1.57. The van der Waals surface area contributed by atoms with E-state index in [0.29, 0.717) is 11.5 Å². The van der Waals surface area contributed by atoms with E-state index in [1.165, 1.54) is 4.88 Å². The van der Waals surface area contributed by atoms with E-state index in [-0.39, 0.29) is 22.6 Å². The molecule has 0 aliphatic rings. The summed E-state index contributed by atoms with van der Waals surface area (Å²) in [6, 6.07) is 4.08. The van der Waals surface area contributed by atoms with Crippen LogP contribution in [0.2, 0.25) is 0 Å². The maximum atomic E-state index is 11.4. The molecule has 1 N–H and O–H groups in total. The minimum absolute atomic E-state index is 0.00830. The second kappa shape index (κ2) is 6.26. The van der Waals surface area contributed by atoms with E-state index in [9.17, 15) is 10.1 Å². The summed E-state index contributed by atoms with van der Waals surface area (Å²) in [5.41, 5.74) is 0.605. The highest BCUT2D eigenvalue weighted by atomic mass is 32.1. The van der Waals surface area contributed by atoms with E-state index in [2.05, 4.69) is 17.3 Å². The van der Waals surface area contributed by atoms with Crippen LogP contribution in [0.1, 0.15) is 49.7 Å². The van der Waals surface area contributed by atoms with Gasteiger partial charge in [0.15, 0.2) is 0 Å². The van der Waals surface area contributed by atoms with Crippen molar-refractivity contribution in [2.75, 3.05) is 5.32 Å². The molecular weight excluding hydrogens is 288 g/mol. The maximum Gasteiger partial charge on any atom is 0.334 e. The zero-order valence-electron chi connectivity index (χ0n) is 12.7. The maximum absolute atomic E-state index is 11.4. The van der Waals surface area contributed by atoms with Crippen LogP contribution in [0.3, 0.4) is 0 Å². The van der Waals surface area contributed by atoms with Gasteiger partial charge >= 0.3 is 5.69 Å². The number of nitrogens with zero attached hydrogens (tertiary/aromatic N) is 3. The highest BCUT2D eigenvalue weighted by Crippen LogP contribution is 2.36. The van der Waals surface area contributed by atoms with Gasteiger partial charge in [-0.25, -0.2) is 4.68 Å². The monoisotopic (exact) mass is 308 g/mol. The lowest BCUT2D eigenvalue weighted by Crippen LogP contribution is -2.12. The van der Waals surface area contributed by atoms with Crippen LogP contribution >= 0.6 is 11.3 Å². The van der Waals surface area contributed by atoms with Crippen molar-refractivity contribution in [2.24, 2.45) is 7.05 Å². The first kappa shape index (κ1) is 15.5. The van der Waals surface area contributed by atoms with Crippen LogP contribution in [0, 0.1) is 10.1 Å². The normalized spacial score (nSPS) is 12.6. The molecule has 0 aromatic carbocycles. The lowest BCUT2D eigenvalue weighted by Gasteiger charge is -2.16. The molecular formula is C14H20N4O2S. The van der Waals surface area contributed by atoms with Crippen LogP contribution in [0.15, 0.2) is 17.5 Å². The first-order chi connectivity index (χ1) is 9.95. The molecule has 0 fully saturated rings. The summed E-state index contributed by atoms with van der Waals surface area (Å²) in [4.78, 5) is 12.3. The molecule has 2 heterocycles. The molecule has 0 amide bonds. The average molecular weight is 308 g/mol. The molecule has 2 aromatic rings. The van der Waals surface area contributed by atoms with Gasteiger partial charge in [0.05, 0.1) is 11.0 Å². The zero-order valence-corrected chi connectivity index (χ0v) is 13.5. The Kier molecular flexibility index (Phi) is 4.62. The quantitative estimate of drug-likeness (QED) is 0.644. The molecule has 1 atom stereocenters. The minimum atomic E-state index is -0.341. The number of hydrogen-bond donors (Lipinski definition) is 1. The third-order valence-corrected chi connectivity index (χ3v) is 4.37. The van der Waals surface area contributed by atoms with Gasteiger partial charge in [0, 0.05) is 17.8 Å². The average Bonchev–Trinajstić information content (AvgIpc) is 3.03. The van der Waals surface area contributed by atoms with Gasteiger partial charge in [-0.1, -0.05) is 26.8 Å². The molecule has 2 aromatic heterocycles. The van der Waals surface area contributed by atoms with Crippen molar-refractivity contribution < 1.29 is 4.92 Å². The van der Waals surface area contributed by atoms with E-state index in [4.69, 9.17) is 0 Å². The Bertz CT molecular complexity index is 619. The molecule has 114 valence electrons. The molecule has 0 radical (unpaired) electrons. The van der Waals surface area contributed by atoms with E-state index in [1.54, 1.807) is 23.1 Å². The summed E-state index contributed by atoms with van der Waals surface area (Å²) in [5.74, 6) is 0.484. The second-order valence-corrected chi connectivity index (χ2v) is 6.22. The smallest absolute Gasteiger partial charge is 0.334 e. The summed E-state index contributed by atoms with van der Waals surface area (Å²) in [7, 11) is 1.74. The minimum Gasteiger partial charge on any atom is -0.357 e. The number of rotatable bonds is 6. The van der Waals surface area contributed by atoms with E-state index >= 15 is 0 Å². The van der Waals surface area contributed by atoms with E-state index in [1.807, 2.05) is 31.4 Å². The predicted octanol–water partition coefficient (Wildman–Crippen LogP) is 4.08. The third kappa shape index (κ3) is 3.07. The molecule has 0 aliphatic heterocycles. The largest absolute Gasteiger partial charge is 0.357 e. The molecule has 7 heteroatoms. The number of nitro groups is 1. The highest BCUT2D eigenvalue weighted by molar-refractivity contribution is 7.10. The van der Waals surface area contributed by atoms with Crippen LogP contribution in [0.25, 0.3) is 0 Å². The molecule has 6 nitrogen and oxygen atoms in total. The molecule has 21 heavy (non-hydrogen) atoms. The summed E-state index contributed by atoms with van der Waals surface area (Å²) in [5, 5.41) is 21.1. The fourth-order valence-electron chi connectivity index (χ4n) is 2.29. The Morgan fingerprint density at radius 1 is 1.52 bits per heavy atom. The molecule has 0 bridgehead atoms. The number of nitrogens with one attached hydrogen (secondary N) is 1. The van der Waals surface area contributed by atoms with Crippen molar-refractivity contribution in [3.8, 4) is 0 Å². The summed E-state index contributed by atoms with van der Waals surface area (Å²) in [6.07, 6.45) is 0.847. The number of aryl methyl sites for hydroxylation is 1. The van der Waals surface area contributed by atoms with Crippen molar-refractivity contribution in [2.45, 2.75) is 39.2 Å². The molecule has 0 aliphatic carbocycles. The van der Waals surface area contributed by atoms with Crippen molar-refractivity contribution in [3.05, 3.63) is 38.2 Å². The SMILES string of the molecule is CCC(Nc1c([N+](=O)[O-])c(C(C)C)nn1C)c1cccs1. The van der Waals surface area contributed by atoms with Gasteiger partial charge in [0.1, 0.15) is 5.69 Å². The number of anilines is 1. The van der Waals surface area contributed by atoms with Gasteiger partial charge in [-0.3, -0.25) is 10.1 Å². The number of hydrogen-bond acceptors (Lipinski definition) is 5. The van der Waals surface area contributed by atoms with E-state index < -0.39 is 0 Å². The number of thiophene rings is 1. The Labute approximate surface area is 127 Å². The van der Waals surface area contributed by atoms with Gasteiger partial charge in [-0.2, -0.15) is 5.10 Å². The van der Waals surface area contributed by atoms with Gasteiger partial charge in [0.2, 0.25) is 5.82 Å². The van der Waals surface area contributed by atoms with Crippen molar-refractivity contribution in [3.63, 3.8) is 0 Å². The van der Waals surface area contributed by atoms with Crippen molar-refractivity contribution in [1.82, 2.24) is 9.78 Å². The topological polar surface area (TPSA) is 73.0 Å². The van der Waals surface area contributed by atoms with Gasteiger partial charge in [-0.05, 0) is 17.9 Å². The lowest BCUT2D eigenvalue weighted by molar-refractivity contribution is -0.384. The van der Waals surface area contributed by atoms with Gasteiger partial charge in [-0.15, -0.1) is 11.3 Å². The van der Waals surface area contributed by atoms with Crippen LogP contribution in [-0.2, 0) is 7.05 Å². The highest BCUT2D eigenvalue weighted by Gasteiger charge is 2.29. The Balaban J connectivity index is 2.41. The molecule has 1 unspecified atom stereocenters. The van der Waals surface area contributed by atoms with Crippen LogP contribution in [0.5, 0.6) is 0 Å². The molecule has 0 spiro atoms. The molecule has 2 rings (SSSR count). The molecule has 0 saturated heterocycles. The fraction of sp³-hybridized carbons (Fsp3) is 0.500. The predicted molar refractivity (Wildman–Crippen MR) is 84.9 cm³/mol. The number of aromatic nitrogens is 2. The Hall–Kier alpha value is -1.89. The standard InChI is InChI=1S/C14H20N4O2S/c1-5-10(11-7-6-8-21-11)15-14-13(18(19)20)12(9(2)3)16-17(14)4/h6-10,15H,5H2,1-4H3. The van der Waals surface area contributed by atoms with Crippen molar-refractivity contribution in [1.29, 1.82) is 0 Å². The van der Waals surface area contributed by atoms with Crippen LogP contribution in [0.4, 0.5) is 11.5 Å². The van der Waals surface area contributed by atoms with Crippen LogP contribution in [-0.4, -0.2) is 14.7 Å². The fourth-order valence-corrected chi connectivity index (χ4v) is 3.15. The Morgan fingerprint density at radius 3 is 2.71 bits per heavy atom. The Morgan fingerprint density at radius 2 is 2.24 bits per heavy atom. The van der Waals surface area contributed by atoms with E-state index in [0.717, 1.165) is 6.42 Å². The lowest BCUT2D eigenvalue weighted by atomic mass is 10.1. The summed E-state index contributed by atoms with van der Waals surface area (Å²) >= 11 is 1.65. The second-order valence-electron chi connectivity index (χ2n) is 5.24. The van der Waals surface area contributed by atoms with Gasteiger partial charge in [0.25, 0.3) is 0 Å². The van der Waals surface area contributed by atoms with Crippen LogP contribution < -0.4 is 5.32 Å². The third-order valence-electron chi connectivity index (χ3n) is 3.38.